The molecular formula is C21H22ClN5O4S. The van der Waals surface area contributed by atoms with Gasteiger partial charge in [0.25, 0.3) is 10.0 Å². The zero-order valence-corrected chi connectivity index (χ0v) is 19.0. The molecule has 32 heavy (non-hydrogen) atoms. The molecule has 0 amide bonds. The van der Waals surface area contributed by atoms with Crippen LogP contribution in [0.25, 0.3) is 10.9 Å². The van der Waals surface area contributed by atoms with Gasteiger partial charge < -0.3 is 20.9 Å². The van der Waals surface area contributed by atoms with Crippen LogP contribution >= 0.6 is 11.6 Å². The van der Waals surface area contributed by atoms with Crippen LogP contribution in [0.2, 0.25) is 5.02 Å². The van der Waals surface area contributed by atoms with Crippen LogP contribution in [0.4, 0.5) is 0 Å². The molecule has 4 rings (SSSR count). The predicted molar refractivity (Wildman–Crippen MR) is 124 cm³/mol. The fourth-order valence-corrected chi connectivity index (χ4v) is 5.05. The van der Waals surface area contributed by atoms with Gasteiger partial charge in [0.1, 0.15) is 0 Å². The lowest BCUT2D eigenvalue weighted by atomic mass is 10.1. The Morgan fingerprint density at radius 1 is 1.06 bits per heavy atom. The molecule has 11 heteroatoms. The molecule has 0 atom stereocenters. The monoisotopic (exact) mass is 475 g/mol. The average Bonchev–Trinajstić information content (AvgIpc) is 3.54. The van der Waals surface area contributed by atoms with Gasteiger partial charge >= 0.3 is 0 Å². The Balaban J connectivity index is 1.94. The molecule has 1 aromatic heterocycles. The Morgan fingerprint density at radius 3 is 2.41 bits per heavy atom. The van der Waals surface area contributed by atoms with Gasteiger partial charge in [0.05, 0.1) is 30.3 Å². The van der Waals surface area contributed by atoms with Crippen LogP contribution < -0.4 is 20.9 Å². The summed E-state index contributed by atoms with van der Waals surface area (Å²) in [5.74, 6) is 0.695. The van der Waals surface area contributed by atoms with Gasteiger partial charge in [0.2, 0.25) is 5.96 Å². The number of ether oxygens (including phenoxy) is 2. The highest BCUT2D eigenvalue weighted by Crippen LogP contribution is 2.38. The summed E-state index contributed by atoms with van der Waals surface area (Å²) in [6.07, 6.45) is 3.36. The molecule has 0 bridgehead atoms. The van der Waals surface area contributed by atoms with Crippen molar-refractivity contribution in [3.8, 4) is 11.5 Å². The van der Waals surface area contributed by atoms with Crippen molar-refractivity contribution in [2.24, 2.45) is 27.6 Å². The molecule has 1 heterocycles. The van der Waals surface area contributed by atoms with Crippen LogP contribution in [0.5, 0.6) is 11.5 Å². The lowest BCUT2D eigenvalue weighted by molar-refractivity contribution is 0.354. The summed E-state index contributed by atoms with van der Waals surface area (Å²) in [7, 11) is -1.06. The maximum Gasteiger partial charge on any atom is 0.268 e. The SMILES string of the molecule is COc1ccc(S(=O)(=O)n2cc(C(=NN=C(N)N)C3CC3)c3cc(Cl)ccc32)cc1OC. The molecule has 1 aliphatic rings. The standard InChI is InChI=1S/C21H22ClN5O4S/c1-30-18-8-6-14(10-19(18)31-2)32(28,29)27-11-16(15-9-13(22)5-7-17(15)27)20(12-3-4-12)25-26-21(23)24/h5-12H,3-4H2,1-2H3,(H4,23,24,26). The minimum atomic E-state index is -3.99. The number of guanidine groups is 1. The van der Waals surface area contributed by atoms with E-state index in [2.05, 4.69) is 10.2 Å². The van der Waals surface area contributed by atoms with Gasteiger partial charge in [0.15, 0.2) is 11.5 Å². The van der Waals surface area contributed by atoms with Crippen LogP contribution in [0.3, 0.4) is 0 Å². The molecule has 1 aliphatic carbocycles. The van der Waals surface area contributed by atoms with E-state index in [1.54, 1.807) is 24.3 Å². The number of rotatable bonds is 7. The number of halogens is 1. The van der Waals surface area contributed by atoms with E-state index in [-0.39, 0.29) is 16.8 Å². The summed E-state index contributed by atoms with van der Waals surface area (Å²) in [6.45, 7) is 0. The van der Waals surface area contributed by atoms with Gasteiger partial charge in [-0.1, -0.05) is 11.6 Å². The quantitative estimate of drug-likeness (QED) is 0.306. The highest BCUT2D eigenvalue weighted by molar-refractivity contribution is 7.90. The number of nitrogens with two attached hydrogens (primary N) is 2. The Kier molecular flexibility index (Phi) is 5.74. The van der Waals surface area contributed by atoms with Crippen molar-refractivity contribution in [3.63, 3.8) is 0 Å². The fraction of sp³-hybridized carbons (Fsp3) is 0.238. The van der Waals surface area contributed by atoms with E-state index in [4.69, 9.17) is 32.5 Å². The summed E-state index contributed by atoms with van der Waals surface area (Å²) in [5.41, 5.74) is 12.6. The van der Waals surface area contributed by atoms with Crippen LogP contribution in [-0.2, 0) is 10.0 Å². The second kappa shape index (κ2) is 8.36. The fourth-order valence-electron chi connectivity index (χ4n) is 3.49. The smallest absolute Gasteiger partial charge is 0.268 e. The van der Waals surface area contributed by atoms with E-state index in [9.17, 15) is 8.42 Å². The first-order valence-corrected chi connectivity index (χ1v) is 11.5. The van der Waals surface area contributed by atoms with Gasteiger partial charge in [-0.2, -0.15) is 5.10 Å². The summed E-state index contributed by atoms with van der Waals surface area (Å²) in [4.78, 5) is 0.0442. The van der Waals surface area contributed by atoms with Crippen molar-refractivity contribution < 1.29 is 17.9 Å². The number of hydrogen-bond acceptors (Lipinski definition) is 6. The minimum Gasteiger partial charge on any atom is -0.493 e. The first-order valence-electron chi connectivity index (χ1n) is 9.71. The number of aromatic nitrogens is 1. The topological polar surface area (TPSA) is 134 Å². The lowest BCUT2D eigenvalue weighted by Crippen LogP contribution is -2.22. The Bertz CT molecular complexity index is 1360. The van der Waals surface area contributed by atoms with E-state index in [1.165, 1.54) is 36.5 Å². The van der Waals surface area contributed by atoms with E-state index in [0.717, 1.165) is 12.8 Å². The molecule has 1 saturated carbocycles. The maximum absolute atomic E-state index is 13.6. The van der Waals surface area contributed by atoms with Crippen molar-refractivity contribution in [1.29, 1.82) is 0 Å². The Morgan fingerprint density at radius 2 is 1.78 bits per heavy atom. The number of fused-ring (bicyclic) bond motifs is 1. The Hall–Kier alpha value is -3.24. The third-order valence-corrected chi connectivity index (χ3v) is 7.06. The van der Waals surface area contributed by atoms with Crippen molar-refractivity contribution in [3.05, 3.63) is 53.2 Å². The second-order valence-electron chi connectivity index (χ2n) is 7.31. The van der Waals surface area contributed by atoms with E-state index in [0.29, 0.717) is 38.7 Å². The minimum absolute atomic E-state index is 0.0442. The van der Waals surface area contributed by atoms with Gasteiger partial charge in [-0.05, 0) is 43.2 Å². The molecule has 3 aromatic rings. The molecule has 4 N–H and O–H groups in total. The van der Waals surface area contributed by atoms with E-state index in [1.807, 2.05) is 0 Å². The predicted octanol–water partition coefficient (Wildman–Crippen LogP) is 2.94. The molecule has 0 unspecified atom stereocenters. The van der Waals surface area contributed by atoms with E-state index >= 15 is 0 Å². The molecule has 0 aliphatic heterocycles. The average molecular weight is 476 g/mol. The number of benzene rings is 2. The third-order valence-electron chi connectivity index (χ3n) is 5.16. The molecule has 1 fully saturated rings. The molecule has 0 radical (unpaired) electrons. The summed E-state index contributed by atoms with van der Waals surface area (Å²) in [6, 6.07) is 9.44. The highest BCUT2D eigenvalue weighted by atomic mass is 35.5. The first kappa shape index (κ1) is 22.0. The number of hydrogen-bond donors (Lipinski definition) is 2. The molecule has 168 valence electrons. The van der Waals surface area contributed by atoms with Gasteiger partial charge in [-0.15, -0.1) is 5.10 Å². The highest BCUT2D eigenvalue weighted by Gasteiger charge is 2.32. The molecule has 9 nitrogen and oxygen atoms in total. The van der Waals surface area contributed by atoms with Crippen molar-refractivity contribution in [2.45, 2.75) is 17.7 Å². The van der Waals surface area contributed by atoms with Crippen molar-refractivity contribution in [1.82, 2.24) is 3.97 Å². The summed E-state index contributed by atoms with van der Waals surface area (Å²) < 4.78 is 38.9. The molecule has 2 aromatic carbocycles. The Labute approximate surface area is 190 Å². The van der Waals surface area contributed by atoms with E-state index < -0.39 is 10.0 Å². The maximum atomic E-state index is 13.6. The van der Waals surface area contributed by atoms with Gasteiger partial charge in [-0.3, -0.25) is 0 Å². The number of nitrogens with zero attached hydrogens (tertiary/aromatic N) is 3. The largest absolute Gasteiger partial charge is 0.493 e. The van der Waals surface area contributed by atoms with Crippen molar-refractivity contribution >= 4 is 44.2 Å². The summed E-state index contributed by atoms with van der Waals surface area (Å²) in [5, 5.41) is 9.13. The lowest BCUT2D eigenvalue weighted by Gasteiger charge is -2.11. The van der Waals surface area contributed by atoms with Gasteiger partial charge in [0, 0.05) is 34.2 Å². The number of methoxy groups -OCH3 is 2. The molecular weight excluding hydrogens is 454 g/mol. The van der Waals surface area contributed by atoms with Crippen LogP contribution in [0, 0.1) is 5.92 Å². The molecule has 0 spiro atoms. The normalized spacial score (nSPS) is 14.4. The van der Waals surface area contributed by atoms with Crippen LogP contribution in [0.15, 0.2) is 57.7 Å². The van der Waals surface area contributed by atoms with Crippen LogP contribution in [-0.4, -0.2) is 38.3 Å². The zero-order valence-electron chi connectivity index (χ0n) is 17.4. The van der Waals surface area contributed by atoms with Gasteiger partial charge in [-0.25, -0.2) is 12.4 Å². The van der Waals surface area contributed by atoms with Crippen LogP contribution in [0.1, 0.15) is 18.4 Å². The second-order valence-corrected chi connectivity index (χ2v) is 9.56. The molecule has 0 saturated heterocycles. The summed E-state index contributed by atoms with van der Waals surface area (Å²) >= 11 is 6.23. The zero-order chi connectivity index (χ0) is 23.0. The van der Waals surface area contributed by atoms with Crippen molar-refractivity contribution in [2.75, 3.05) is 14.2 Å². The first-order chi connectivity index (χ1) is 15.3. The third kappa shape index (κ3) is 3.98.